The number of nitrogens with zero attached hydrogens (tertiary/aromatic N) is 3. The van der Waals surface area contributed by atoms with Gasteiger partial charge in [-0.15, -0.1) is 0 Å². The van der Waals surface area contributed by atoms with E-state index in [0.717, 1.165) is 65.8 Å². The molecule has 1 atom stereocenters. The van der Waals surface area contributed by atoms with E-state index in [9.17, 15) is 4.39 Å². The lowest BCUT2D eigenvalue weighted by molar-refractivity contribution is -0.0212. The predicted octanol–water partition coefficient (Wildman–Crippen LogP) is 7.99. The lowest BCUT2D eigenvalue weighted by atomic mass is 9.91. The van der Waals surface area contributed by atoms with E-state index < -0.39 is 0 Å². The van der Waals surface area contributed by atoms with E-state index in [0.29, 0.717) is 29.8 Å². The second kappa shape index (κ2) is 13.5. The molecule has 2 heterocycles. The summed E-state index contributed by atoms with van der Waals surface area (Å²) in [6, 6.07) is 15.8. The molecule has 2 aliphatic carbocycles. The average Bonchev–Trinajstić information content (AvgIpc) is 3.40. The first kappa shape index (κ1) is 29.1. The molecule has 0 spiro atoms. The van der Waals surface area contributed by atoms with E-state index in [1.54, 1.807) is 24.7 Å². The molecule has 222 valence electrons. The van der Waals surface area contributed by atoms with Crippen molar-refractivity contribution in [3.05, 3.63) is 77.5 Å². The molecule has 2 aromatic carbocycles. The van der Waals surface area contributed by atoms with E-state index >= 15 is 0 Å². The number of fused-ring (bicyclic) bond motifs is 1. The van der Waals surface area contributed by atoms with Crippen molar-refractivity contribution >= 4 is 28.5 Å². The van der Waals surface area contributed by atoms with Crippen LogP contribution >= 0.6 is 11.6 Å². The maximum Gasteiger partial charge on any atom is 0.126 e. The number of pyridine rings is 1. The summed E-state index contributed by atoms with van der Waals surface area (Å²) in [5.74, 6) is 0.605. The molecule has 2 aromatic heterocycles. The molecule has 2 saturated carbocycles. The molecule has 6 rings (SSSR count). The third kappa shape index (κ3) is 7.31. The third-order valence-electron chi connectivity index (χ3n) is 8.78. The summed E-state index contributed by atoms with van der Waals surface area (Å²) in [7, 11) is 0. The Balaban J connectivity index is 1.06. The van der Waals surface area contributed by atoms with Crippen molar-refractivity contribution in [2.45, 2.75) is 95.5 Å². The van der Waals surface area contributed by atoms with Crippen LogP contribution in [0.4, 0.5) is 10.2 Å². The summed E-state index contributed by atoms with van der Waals surface area (Å²) in [4.78, 5) is 9.14. The molecule has 0 aliphatic heterocycles. The van der Waals surface area contributed by atoms with Gasteiger partial charge in [0.1, 0.15) is 11.6 Å². The van der Waals surface area contributed by atoms with E-state index in [1.807, 2.05) is 28.8 Å². The van der Waals surface area contributed by atoms with Crippen LogP contribution in [0.25, 0.3) is 22.2 Å². The minimum atomic E-state index is -0.236. The van der Waals surface area contributed by atoms with Crippen LogP contribution in [-0.2, 0) is 11.3 Å². The fourth-order valence-corrected chi connectivity index (χ4v) is 6.70. The van der Waals surface area contributed by atoms with Crippen LogP contribution in [0, 0.1) is 5.82 Å². The summed E-state index contributed by atoms with van der Waals surface area (Å²) in [5.41, 5.74) is 4.68. The van der Waals surface area contributed by atoms with E-state index in [2.05, 4.69) is 33.6 Å². The Bertz CT molecular complexity index is 1480. The van der Waals surface area contributed by atoms with Gasteiger partial charge in [0, 0.05) is 36.9 Å². The highest BCUT2D eigenvalue weighted by atomic mass is 35.5. The monoisotopic (exact) mass is 589 g/mol. The first-order chi connectivity index (χ1) is 20.5. The van der Waals surface area contributed by atoms with Gasteiger partial charge in [0.25, 0.3) is 0 Å². The highest BCUT2D eigenvalue weighted by Crippen LogP contribution is 2.32. The zero-order valence-corrected chi connectivity index (χ0v) is 25.1. The Morgan fingerprint density at radius 3 is 2.60 bits per heavy atom. The van der Waals surface area contributed by atoms with Crippen molar-refractivity contribution in [2.75, 3.05) is 11.9 Å². The molecule has 2 aliphatic rings. The standard InChI is InChI=1S/C34H41ClFN5O/c1-23(42-29-8-3-2-4-9-29)19-37-27-11-13-28(14-12-27)40-34-18-30(31(35)20-38-34)25-10-15-32-33(17-25)41(22-39-32)21-24-6-5-7-26(36)16-24/h5-7,10,15-18,20,22-23,27-29,37H,2-4,8-9,11-14,19,21H2,1H3,(H,38,40)/t23?,27-,28-. The van der Waals surface area contributed by atoms with Gasteiger partial charge in [-0.05, 0) is 86.9 Å². The molecular weight excluding hydrogens is 549 g/mol. The second-order valence-corrected chi connectivity index (χ2v) is 12.5. The maximum absolute atomic E-state index is 13.7. The molecule has 0 amide bonds. The van der Waals surface area contributed by atoms with Gasteiger partial charge < -0.3 is 19.9 Å². The van der Waals surface area contributed by atoms with Gasteiger partial charge in [-0.25, -0.2) is 14.4 Å². The molecule has 2 fully saturated rings. The molecule has 0 saturated heterocycles. The average molecular weight is 590 g/mol. The van der Waals surface area contributed by atoms with Crippen LogP contribution in [0.5, 0.6) is 0 Å². The van der Waals surface area contributed by atoms with E-state index in [1.165, 1.54) is 38.2 Å². The first-order valence-corrected chi connectivity index (χ1v) is 15.9. The number of anilines is 1. The minimum absolute atomic E-state index is 0.236. The summed E-state index contributed by atoms with van der Waals surface area (Å²) in [5, 5.41) is 8.03. The number of ether oxygens (including phenoxy) is 1. The van der Waals surface area contributed by atoms with Gasteiger partial charge in [0.15, 0.2) is 0 Å². The SMILES string of the molecule is CC(CN[C@H]1CC[C@H](Nc2cc(-c3ccc4ncn(Cc5cccc(F)c5)c4c3)c(Cl)cn2)CC1)OC1CCCCC1. The van der Waals surface area contributed by atoms with Crippen LogP contribution in [-0.4, -0.2) is 45.4 Å². The van der Waals surface area contributed by atoms with Crippen LogP contribution in [0.2, 0.25) is 5.02 Å². The molecule has 6 nitrogen and oxygen atoms in total. The highest BCUT2D eigenvalue weighted by Gasteiger charge is 2.23. The zero-order chi connectivity index (χ0) is 28.9. The predicted molar refractivity (Wildman–Crippen MR) is 169 cm³/mol. The summed E-state index contributed by atoms with van der Waals surface area (Å²) < 4.78 is 22.1. The number of hydrogen-bond donors (Lipinski definition) is 2. The van der Waals surface area contributed by atoms with Gasteiger partial charge in [0.2, 0.25) is 0 Å². The van der Waals surface area contributed by atoms with Gasteiger partial charge in [-0.1, -0.05) is 49.1 Å². The second-order valence-electron chi connectivity index (χ2n) is 12.1. The lowest BCUT2D eigenvalue weighted by Crippen LogP contribution is -2.41. The van der Waals surface area contributed by atoms with Crippen molar-refractivity contribution < 1.29 is 9.13 Å². The van der Waals surface area contributed by atoms with Crippen LogP contribution < -0.4 is 10.6 Å². The summed E-state index contributed by atoms with van der Waals surface area (Å²) >= 11 is 6.65. The number of aromatic nitrogens is 3. The highest BCUT2D eigenvalue weighted by molar-refractivity contribution is 6.33. The third-order valence-corrected chi connectivity index (χ3v) is 9.08. The molecule has 0 radical (unpaired) electrons. The minimum Gasteiger partial charge on any atom is -0.374 e. The molecular formula is C34H41ClFN5O. The Kier molecular flexibility index (Phi) is 9.37. The molecule has 1 unspecified atom stereocenters. The van der Waals surface area contributed by atoms with Crippen molar-refractivity contribution in [1.29, 1.82) is 0 Å². The number of rotatable bonds is 10. The van der Waals surface area contributed by atoms with Crippen LogP contribution in [0.15, 0.2) is 61.1 Å². The quantitative estimate of drug-likeness (QED) is 0.196. The normalized spacial score (nSPS) is 20.5. The van der Waals surface area contributed by atoms with Crippen molar-refractivity contribution in [1.82, 2.24) is 19.9 Å². The fraction of sp³-hybridized carbons (Fsp3) is 0.471. The van der Waals surface area contributed by atoms with Crippen LogP contribution in [0.3, 0.4) is 0 Å². The summed E-state index contributed by atoms with van der Waals surface area (Å²) in [6.45, 7) is 3.67. The number of halogens is 2. The lowest BCUT2D eigenvalue weighted by Gasteiger charge is -2.32. The maximum atomic E-state index is 13.7. The Morgan fingerprint density at radius 1 is 0.976 bits per heavy atom. The number of benzene rings is 2. The Labute approximate surface area is 253 Å². The number of nitrogens with one attached hydrogen (secondary N) is 2. The fourth-order valence-electron chi connectivity index (χ4n) is 6.48. The van der Waals surface area contributed by atoms with Crippen molar-refractivity contribution in [2.24, 2.45) is 0 Å². The van der Waals surface area contributed by atoms with Gasteiger partial charge in [0.05, 0.1) is 34.6 Å². The zero-order valence-electron chi connectivity index (χ0n) is 24.4. The molecule has 0 bridgehead atoms. The van der Waals surface area contributed by atoms with Gasteiger partial charge in [-0.3, -0.25) is 0 Å². The Hall–Kier alpha value is -3.00. The van der Waals surface area contributed by atoms with E-state index in [-0.39, 0.29) is 11.9 Å². The van der Waals surface area contributed by atoms with Crippen molar-refractivity contribution in [3.63, 3.8) is 0 Å². The molecule has 8 heteroatoms. The summed E-state index contributed by atoms with van der Waals surface area (Å²) in [6.07, 6.45) is 15.1. The molecule has 4 aromatic rings. The first-order valence-electron chi connectivity index (χ1n) is 15.5. The molecule has 42 heavy (non-hydrogen) atoms. The van der Waals surface area contributed by atoms with Gasteiger partial charge >= 0.3 is 0 Å². The largest absolute Gasteiger partial charge is 0.374 e. The number of imidazole rings is 1. The van der Waals surface area contributed by atoms with Crippen LogP contribution in [0.1, 0.15) is 70.3 Å². The molecule has 2 N–H and O–H groups in total. The van der Waals surface area contributed by atoms with Gasteiger partial charge in [-0.2, -0.15) is 0 Å². The topological polar surface area (TPSA) is 64.0 Å². The number of hydrogen-bond acceptors (Lipinski definition) is 5. The van der Waals surface area contributed by atoms with E-state index in [4.69, 9.17) is 16.3 Å². The smallest absolute Gasteiger partial charge is 0.126 e. The Morgan fingerprint density at radius 2 is 1.79 bits per heavy atom. The van der Waals surface area contributed by atoms with Crippen molar-refractivity contribution in [3.8, 4) is 11.1 Å².